The predicted molar refractivity (Wildman–Crippen MR) is 167 cm³/mol. The highest BCUT2D eigenvalue weighted by Crippen LogP contribution is 2.50. The Hall–Kier alpha value is -5.61. The van der Waals surface area contributed by atoms with Crippen molar-refractivity contribution in [3.05, 3.63) is 146 Å². The lowest BCUT2D eigenvalue weighted by atomic mass is 9.96. The van der Waals surface area contributed by atoms with E-state index in [-0.39, 0.29) is 0 Å². The molecule has 0 spiro atoms. The maximum atomic E-state index is 5.24. The average Bonchev–Trinajstić information content (AvgIpc) is 3.06. The lowest BCUT2D eigenvalue weighted by molar-refractivity contribution is 1.16. The molecule has 0 bridgehead atoms. The molecule has 0 atom stereocenters. The molecule has 3 heterocycles. The molecule has 0 N–H and O–H groups in total. The molecule has 0 unspecified atom stereocenters. The first kappa shape index (κ1) is 23.3. The summed E-state index contributed by atoms with van der Waals surface area (Å²) < 4.78 is 0. The highest BCUT2D eigenvalue weighted by molar-refractivity contribution is 6.11. The third-order valence-corrected chi connectivity index (χ3v) is 7.59. The van der Waals surface area contributed by atoms with Crippen molar-refractivity contribution in [2.75, 3.05) is 4.90 Å². The fourth-order valence-corrected chi connectivity index (χ4v) is 5.71. The van der Waals surface area contributed by atoms with Crippen molar-refractivity contribution in [3.63, 3.8) is 0 Å². The molecule has 2 aromatic heterocycles. The van der Waals surface area contributed by atoms with Gasteiger partial charge in [0, 0.05) is 16.8 Å². The summed E-state index contributed by atoms with van der Waals surface area (Å²) in [5.41, 5.74) is 11.1. The summed E-state index contributed by atoms with van der Waals surface area (Å²) in [6.07, 6.45) is 0. The average molecular weight is 525 g/mol. The third kappa shape index (κ3) is 3.97. The van der Waals surface area contributed by atoms with E-state index in [2.05, 4.69) is 120 Å². The summed E-state index contributed by atoms with van der Waals surface area (Å²) in [4.78, 5) is 17.8. The maximum Gasteiger partial charge on any atom is 0.179 e. The van der Waals surface area contributed by atoms with Gasteiger partial charge in [-0.05, 0) is 53.6 Å². The largest absolute Gasteiger partial charge is 0.309 e. The van der Waals surface area contributed by atoms with Crippen LogP contribution in [-0.4, -0.2) is 15.0 Å². The van der Waals surface area contributed by atoms with Gasteiger partial charge in [0.1, 0.15) is 5.69 Å². The fraction of sp³-hybridized carbons (Fsp3) is 0. The number of aromatic nitrogens is 3. The van der Waals surface area contributed by atoms with Gasteiger partial charge in [-0.3, -0.25) is 0 Å². The highest BCUT2D eigenvalue weighted by Gasteiger charge is 2.28. The Balaban J connectivity index is 1.38. The Morgan fingerprint density at radius 1 is 0.439 bits per heavy atom. The lowest BCUT2D eigenvalue weighted by Crippen LogP contribution is -2.16. The number of pyridine rings is 1. The van der Waals surface area contributed by atoms with Crippen LogP contribution in [0.1, 0.15) is 0 Å². The Morgan fingerprint density at radius 2 is 1.07 bits per heavy atom. The molecule has 0 fully saturated rings. The molecule has 5 aromatic carbocycles. The van der Waals surface area contributed by atoms with Gasteiger partial charge in [0.25, 0.3) is 0 Å². The van der Waals surface area contributed by atoms with Crippen molar-refractivity contribution in [2.45, 2.75) is 0 Å². The van der Waals surface area contributed by atoms with E-state index in [0.29, 0.717) is 5.82 Å². The van der Waals surface area contributed by atoms with Gasteiger partial charge in [0.15, 0.2) is 5.82 Å². The highest BCUT2D eigenvalue weighted by atomic mass is 15.2. The van der Waals surface area contributed by atoms with Crippen LogP contribution in [0.4, 0.5) is 17.1 Å². The first-order valence-electron chi connectivity index (χ1n) is 13.7. The van der Waals surface area contributed by atoms with Crippen molar-refractivity contribution in [1.82, 2.24) is 15.0 Å². The molecule has 7 aromatic rings. The molecule has 0 radical (unpaired) electrons. The summed E-state index contributed by atoms with van der Waals surface area (Å²) in [5.74, 6) is 0.613. The summed E-state index contributed by atoms with van der Waals surface area (Å²) in [6, 6.07) is 50.2. The van der Waals surface area contributed by atoms with Crippen molar-refractivity contribution in [3.8, 4) is 45.2 Å². The second kappa shape index (κ2) is 9.54. The third-order valence-electron chi connectivity index (χ3n) is 7.59. The summed E-state index contributed by atoms with van der Waals surface area (Å²) in [7, 11) is 0. The Labute approximate surface area is 238 Å². The number of nitrogens with zero attached hydrogens (tertiary/aromatic N) is 4. The van der Waals surface area contributed by atoms with Gasteiger partial charge in [-0.1, -0.05) is 103 Å². The van der Waals surface area contributed by atoms with Crippen molar-refractivity contribution in [2.24, 2.45) is 0 Å². The van der Waals surface area contributed by atoms with E-state index in [4.69, 9.17) is 15.0 Å². The number of hydrogen-bond acceptors (Lipinski definition) is 4. The van der Waals surface area contributed by atoms with Gasteiger partial charge < -0.3 is 4.90 Å². The molecule has 1 aliphatic rings. The van der Waals surface area contributed by atoms with Gasteiger partial charge in [-0.25, -0.2) is 15.0 Å². The zero-order valence-electron chi connectivity index (χ0n) is 22.1. The molecule has 8 rings (SSSR count). The van der Waals surface area contributed by atoms with E-state index in [1.54, 1.807) is 0 Å². The number of rotatable bonds is 4. The van der Waals surface area contributed by atoms with Crippen LogP contribution in [0.5, 0.6) is 0 Å². The van der Waals surface area contributed by atoms with Gasteiger partial charge in [0.05, 0.1) is 33.7 Å². The molecule has 192 valence electrons. The second-order valence-electron chi connectivity index (χ2n) is 10.1. The fourth-order valence-electron chi connectivity index (χ4n) is 5.71. The van der Waals surface area contributed by atoms with Crippen LogP contribution in [0, 0.1) is 0 Å². The minimum atomic E-state index is 0.613. The Bertz CT molecular complexity index is 1980. The quantitative estimate of drug-likeness (QED) is 0.230. The zero-order valence-corrected chi connectivity index (χ0v) is 22.1. The summed E-state index contributed by atoms with van der Waals surface area (Å²) >= 11 is 0. The van der Waals surface area contributed by atoms with Crippen LogP contribution in [0.2, 0.25) is 0 Å². The molecule has 0 aliphatic carbocycles. The molecule has 4 heteroatoms. The Kier molecular flexibility index (Phi) is 5.42. The molecule has 0 saturated carbocycles. The summed E-state index contributed by atoms with van der Waals surface area (Å²) in [5, 5.41) is 1.04. The molecule has 41 heavy (non-hydrogen) atoms. The zero-order chi connectivity index (χ0) is 27.2. The minimum Gasteiger partial charge on any atom is -0.309 e. The van der Waals surface area contributed by atoms with Crippen LogP contribution in [0.15, 0.2) is 146 Å². The number of fused-ring (bicyclic) bond motifs is 2. The monoisotopic (exact) mass is 524 g/mol. The second-order valence-corrected chi connectivity index (χ2v) is 10.1. The molecule has 0 saturated heterocycles. The standard InChI is InChI=1S/C37H24N4/c1-4-13-25(14-5-1)27-23-31(26-15-6-2-7-16-26)38-32(24-27)37-39-30-20-12-22-34-35(30)36(40-37)29-19-10-11-21-33(29)41(34)28-17-8-3-9-18-28/h1-24H. The van der Waals surface area contributed by atoms with Crippen LogP contribution < -0.4 is 4.90 Å². The first-order chi connectivity index (χ1) is 20.3. The van der Waals surface area contributed by atoms with Crippen molar-refractivity contribution in [1.29, 1.82) is 0 Å². The van der Waals surface area contributed by atoms with E-state index in [0.717, 1.165) is 67.3 Å². The van der Waals surface area contributed by atoms with E-state index >= 15 is 0 Å². The molecular weight excluding hydrogens is 500 g/mol. The molecule has 0 amide bonds. The number of benzene rings is 5. The topological polar surface area (TPSA) is 41.9 Å². The molecule has 1 aliphatic heterocycles. The van der Waals surface area contributed by atoms with Crippen LogP contribution in [0.3, 0.4) is 0 Å². The van der Waals surface area contributed by atoms with Crippen LogP contribution in [0.25, 0.3) is 56.1 Å². The van der Waals surface area contributed by atoms with Crippen LogP contribution in [-0.2, 0) is 0 Å². The predicted octanol–water partition coefficient (Wildman–Crippen LogP) is 9.48. The van der Waals surface area contributed by atoms with Gasteiger partial charge in [-0.2, -0.15) is 0 Å². The number of hydrogen-bond donors (Lipinski definition) is 0. The van der Waals surface area contributed by atoms with E-state index in [9.17, 15) is 0 Å². The van der Waals surface area contributed by atoms with Crippen molar-refractivity contribution >= 4 is 28.0 Å². The van der Waals surface area contributed by atoms with Crippen LogP contribution >= 0.6 is 0 Å². The van der Waals surface area contributed by atoms with Gasteiger partial charge in [-0.15, -0.1) is 0 Å². The Morgan fingerprint density at radius 3 is 1.85 bits per heavy atom. The normalized spacial score (nSPS) is 11.9. The minimum absolute atomic E-state index is 0.613. The molecular formula is C37H24N4. The lowest BCUT2D eigenvalue weighted by Gasteiger charge is -2.32. The van der Waals surface area contributed by atoms with Gasteiger partial charge >= 0.3 is 0 Å². The molecule has 4 nitrogen and oxygen atoms in total. The smallest absolute Gasteiger partial charge is 0.179 e. The summed E-state index contributed by atoms with van der Waals surface area (Å²) in [6.45, 7) is 0. The number of para-hydroxylation sites is 2. The first-order valence-corrected chi connectivity index (χ1v) is 13.7. The number of anilines is 3. The SMILES string of the molecule is c1ccc(-c2cc(-c3ccccc3)nc(-c3nc4c5c(cccc5n3)N(c3ccccc3)c3ccccc3-4)c2)cc1. The van der Waals surface area contributed by atoms with E-state index in [1.165, 1.54) is 0 Å². The van der Waals surface area contributed by atoms with E-state index in [1.807, 2.05) is 30.3 Å². The maximum absolute atomic E-state index is 5.24. The van der Waals surface area contributed by atoms with E-state index < -0.39 is 0 Å². The van der Waals surface area contributed by atoms with Crippen molar-refractivity contribution < 1.29 is 0 Å². The van der Waals surface area contributed by atoms with Gasteiger partial charge in [0.2, 0.25) is 0 Å².